The molecule has 164 valence electrons. The highest BCUT2D eigenvalue weighted by Gasteiger charge is 2.27. The van der Waals surface area contributed by atoms with Gasteiger partial charge in [0.25, 0.3) is 5.91 Å². The van der Waals surface area contributed by atoms with Crippen LogP contribution in [0.3, 0.4) is 0 Å². The molecule has 0 saturated carbocycles. The fourth-order valence-corrected chi connectivity index (χ4v) is 3.81. The highest BCUT2D eigenvalue weighted by Crippen LogP contribution is 2.28. The van der Waals surface area contributed by atoms with Crippen LogP contribution in [0.4, 0.5) is 5.69 Å². The van der Waals surface area contributed by atoms with Gasteiger partial charge in [-0.05, 0) is 38.2 Å². The van der Waals surface area contributed by atoms with Gasteiger partial charge in [0, 0.05) is 41.8 Å². The minimum Gasteiger partial charge on any atom is -0.478 e. The number of carboxylic acid groups (broad SMARTS) is 1. The van der Waals surface area contributed by atoms with Gasteiger partial charge in [0.2, 0.25) is 0 Å². The molecule has 0 spiro atoms. The van der Waals surface area contributed by atoms with Crippen LogP contribution in [0.5, 0.6) is 0 Å². The SMILES string of the molecule is CC(OC(=O)c1c2c(nc3ccccc13)CCN(C)C2)C(=O)Nc1cccc(C(=O)O)c1. The van der Waals surface area contributed by atoms with E-state index < -0.39 is 23.9 Å². The van der Waals surface area contributed by atoms with Crippen molar-refractivity contribution < 1.29 is 24.2 Å². The maximum absolute atomic E-state index is 13.2. The Bertz CT molecular complexity index is 1220. The largest absolute Gasteiger partial charge is 0.478 e. The first kappa shape index (κ1) is 21.5. The van der Waals surface area contributed by atoms with E-state index in [1.54, 1.807) is 6.07 Å². The third kappa shape index (κ3) is 4.31. The van der Waals surface area contributed by atoms with Crippen LogP contribution in [0, 0.1) is 0 Å². The molecule has 0 bridgehead atoms. The van der Waals surface area contributed by atoms with Gasteiger partial charge in [-0.2, -0.15) is 0 Å². The van der Waals surface area contributed by atoms with E-state index in [1.807, 2.05) is 31.3 Å². The van der Waals surface area contributed by atoms with Gasteiger partial charge in [0.15, 0.2) is 6.10 Å². The van der Waals surface area contributed by atoms with E-state index in [-0.39, 0.29) is 5.56 Å². The number of anilines is 1. The van der Waals surface area contributed by atoms with Gasteiger partial charge in [0.05, 0.1) is 16.6 Å². The Morgan fingerprint density at radius 1 is 1.16 bits per heavy atom. The summed E-state index contributed by atoms with van der Waals surface area (Å²) in [6.45, 7) is 2.90. The number of esters is 1. The van der Waals surface area contributed by atoms with Crippen molar-refractivity contribution in [3.05, 3.63) is 70.9 Å². The summed E-state index contributed by atoms with van der Waals surface area (Å²) in [7, 11) is 1.98. The number of ether oxygens (including phenoxy) is 1. The molecule has 0 aliphatic carbocycles. The number of hydrogen-bond donors (Lipinski definition) is 2. The molecule has 3 aromatic rings. The van der Waals surface area contributed by atoms with Crippen LogP contribution in [0.1, 0.15) is 38.9 Å². The number of carboxylic acids is 1. The van der Waals surface area contributed by atoms with Crippen molar-refractivity contribution >= 4 is 34.4 Å². The first-order valence-corrected chi connectivity index (χ1v) is 10.3. The maximum Gasteiger partial charge on any atom is 0.339 e. The van der Waals surface area contributed by atoms with Crippen LogP contribution in [0.25, 0.3) is 10.9 Å². The lowest BCUT2D eigenvalue weighted by Gasteiger charge is -2.27. The third-order valence-electron chi connectivity index (χ3n) is 5.47. The maximum atomic E-state index is 13.2. The Labute approximate surface area is 184 Å². The highest BCUT2D eigenvalue weighted by atomic mass is 16.5. The zero-order valence-electron chi connectivity index (χ0n) is 17.8. The Kier molecular flexibility index (Phi) is 5.87. The average Bonchev–Trinajstić information content (AvgIpc) is 2.77. The van der Waals surface area contributed by atoms with Crippen molar-refractivity contribution in [1.82, 2.24) is 9.88 Å². The molecule has 2 N–H and O–H groups in total. The molecule has 2 aromatic carbocycles. The minimum absolute atomic E-state index is 0.0476. The van der Waals surface area contributed by atoms with Crippen molar-refractivity contribution in [2.24, 2.45) is 0 Å². The number of rotatable bonds is 5. The van der Waals surface area contributed by atoms with Gasteiger partial charge >= 0.3 is 11.9 Å². The first-order chi connectivity index (χ1) is 15.3. The summed E-state index contributed by atoms with van der Waals surface area (Å²) in [4.78, 5) is 43.8. The van der Waals surface area contributed by atoms with E-state index in [1.165, 1.54) is 25.1 Å². The minimum atomic E-state index is -1.10. The van der Waals surface area contributed by atoms with Crippen LogP contribution in [-0.4, -0.2) is 52.5 Å². The van der Waals surface area contributed by atoms with Crippen LogP contribution in [-0.2, 0) is 22.5 Å². The van der Waals surface area contributed by atoms with Gasteiger partial charge in [0.1, 0.15) is 0 Å². The summed E-state index contributed by atoms with van der Waals surface area (Å²) < 4.78 is 5.54. The summed E-state index contributed by atoms with van der Waals surface area (Å²) in [6, 6.07) is 13.3. The van der Waals surface area contributed by atoms with E-state index in [2.05, 4.69) is 10.2 Å². The van der Waals surface area contributed by atoms with E-state index in [0.717, 1.165) is 24.2 Å². The van der Waals surface area contributed by atoms with Crippen molar-refractivity contribution in [2.45, 2.75) is 26.0 Å². The van der Waals surface area contributed by atoms with Crippen LogP contribution in [0.15, 0.2) is 48.5 Å². The number of aromatic carboxylic acids is 1. The monoisotopic (exact) mass is 433 g/mol. The average molecular weight is 433 g/mol. The molecule has 1 atom stereocenters. The molecule has 4 rings (SSSR count). The van der Waals surface area contributed by atoms with Crippen molar-refractivity contribution in [2.75, 3.05) is 18.9 Å². The zero-order chi connectivity index (χ0) is 22.8. The van der Waals surface area contributed by atoms with E-state index in [9.17, 15) is 14.4 Å². The van der Waals surface area contributed by atoms with Crippen molar-refractivity contribution in [3.8, 4) is 0 Å². The molecule has 2 heterocycles. The summed E-state index contributed by atoms with van der Waals surface area (Å²) in [5.74, 6) is -2.23. The number of aromatic nitrogens is 1. The van der Waals surface area contributed by atoms with Gasteiger partial charge in [-0.25, -0.2) is 9.59 Å². The zero-order valence-corrected chi connectivity index (χ0v) is 17.8. The molecule has 1 unspecified atom stereocenters. The number of hydrogen-bond acceptors (Lipinski definition) is 6. The predicted molar refractivity (Wildman–Crippen MR) is 119 cm³/mol. The molecule has 8 nitrogen and oxygen atoms in total. The number of nitrogens with zero attached hydrogens (tertiary/aromatic N) is 2. The molecule has 8 heteroatoms. The normalized spacial score (nSPS) is 14.4. The molecule has 0 saturated heterocycles. The highest BCUT2D eigenvalue weighted by molar-refractivity contribution is 6.06. The molecular formula is C24H23N3O5. The number of benzene rings is 2. The second-order valence-corrected chi connectivity index (χ2v) is 7.84. The van der Waals surface area contributed by atoms with Crippen molar-refractivity contribution in [3.63, 3.8) is 0 Å². The Hall–Kier alpha value is -3.78. The van der Waals surface area contributed by atoms with Gasteiger partial charge < -0.3 is 20.1 Å². The Morgan fingerprint density at radius 2 is 1.94 bits per heavy atom. The summed E-state index contributed by atoms with van der Waals surface area (Å²) in [6.07, 6.45) is -0.354. The quantitative estimate of drug-likeness (QED) is 0.595. The molecule has 1 aliphatic heterocycles. The molecule has 1 aromatic heterocycles. The topological polar surface area (TPSA) is 109 Å². The molecule has 1 aliphatic rings. The predicted octanol–water partition coefficient (Wildman–Crippen LogP) is 3.10. The number of amides is 1. The number of carbonyl (C=O) groups is 3. The Morgan fingerprint density at radius 3 is 2.72 bits per heavy atom. The summed E-state index contributed by atoms with van der Waals surface area (Å²) in [5, 5.41) is 12.4. The molecular weight excluding hydrogens is 410 g/mol. The summed E-state index contributed by atoms with van der Waals surface area (Å²) >= 11 is 0. The fourth-order valence-electron chi connectivity index (χ4n) is 3.81. The number of carbonyl (C=O) groups excluding carboxylic acids is 2. The third-order valence-corrected chi connectivity index (χ3v) is 5.47. The smallest absolute Gasteiger partial charge is 0.339 e. The van der Waals surface area contributed by atoms with Gasteiger partial charge in [-0.15, -0.1) is 0 Å². The number of para-hydroxylation sites is 1. The number of nitrogens with one attached hydrogen (secondary N) is 1. The molecule has 0 radical (unpaired) electrons. The second kappa shape index (κ2) is 8.76. The van der Waals surface area contributed by atoms with Crippen LogP contribution < -0.4 is 5.32 Å². The lowest BCUT2D eigenvalue weighted by atomic mass is 9.96. The van der Waals surface area contributed by atoms with E-state index in [0.29, 0.717) is 28.7 Å². The number of fused-ring (bicyclic) bond motifs is 2. The number of likely N-dealkylation sites (N-methyl/N-ethyl adjacent to an activating group) is 1. The van der Waals surface area contributed by atoms with Gasteiger partial charge in [-0.3, -0.25) is 9.78 Å². The van der Waals surface area contributed by atoms with Crippen molar-refractivity contribution in [1.29, 1.82) is 0 Å². The number of pyridine rings is 1. The second-order valence-electron chi connectivity index (χ2n) is 7.84. The Balaban J connectivity index is 1.58. The lowest BCUT2D eigenvalue weighted by molar-refractivity contribution is -0.123. The van der Waals surface area contributed by atoms with E-state index >= 15 is 0 Å². The lowest BCUT2D eigenvalue weighted by Crippen LogP contribution is -2.32. The van der Waals surface area contributed by atoms with Gasteiger partial charge in [-0.1, -0.05) is 24.3 Å². The molecule has 0 fully saturated rings. The van der Waals surface area contributed by atoms with Crippen LogP contribution >= 0.6 is 0 Å². The van der Waals surface area contributed by atoms with Crippen LogP contribution in [0.2, 0.25) is 0 Å². The molecule has 32 heavy (non-hydrogen) atoms. The molecule has 1 amide bonds. The summed E-state index contributed by atoms with van der Waals surface area (Å²) in [5.41, 5.74) is 3.20. The standard InChI is InChI=1S/C24H23N3O5/c1-14(22(28)25-16-7-5-6-15(12-16)23(29)30)32-24(31)21-17-8-3-4-9-19(17)26-20-10-11-27(2)13-18(20)21/h3-9,12,14H,10-11,13H2,1-2H3,(H,25,28)(H,29,30). The fraction of sp³-hybridized carbons (Fsp3) is 0.250. The van der Waals surface area contributed by atoms with E-state index in [4.69, 9.17) is 14.8 Å². The first-order valence-electron chi connectivity index (χ1n) is 10.3.